The molecule has 7 nitrogen and oxygen atoms in total. The van der Waals surface area contributed by atoms with E-state index in [4.69, 9.17) is 4.52 Å². The fourth-order valence-electron chi connectivity index (χ4n) is 3.48. The van der Waals surface area contributed by atoms with E-state index in [0.29, 0.717) is 42.5 Å². The van der Waals surface area contributed by atoms with Crippen molar-refractivity contribution < 1.29 is 13.7 Å². The van der Waals surface area contributed by atoms with Crippen molar-refractivity contribution in [2.24, 2.45) is 5.92 Å². The van der Waals surface area contributed by atoms with Crippen molar-refractivity contribution in [1.82, 2.24) is 25.0 Å². The molecule has 4 rings (SSSR count). The van der Waals surface area contributed by atoms with Gasteiger partial charge in [-0.15, -0.1) is 0 Å². The van der Waals surface area contributed by atoms with Gasteiger partial charge in [0, 0.05) is 31.9 Å². The molecule has 0 aliphatic carbocycles. The van der Waals surface area contributed by atoms with Crippen molar-refractivity contribution in [2.45, 2.75) is 25.7 Å². The van der Waals surface area contributed by atoms with Crippen LogP contribution in [-0.2, 0) is 17.6 Å². The minimum Gasteiger partial charge on any atom is -0.342 e. The highest BCUT2D eigenvalue weighted by Crippen LogP contribution is 2.22. The molecule has 1 aromatic carbocycles. The maximum absolute atomic E-state index is 13.8. The van der Waals surface area contributed by atoms with Crippen LogP contribution >= 0.6 is 0 Å². The smallest absolute Gasteiger partial charge is 0.227 e. The number of carbonyl (C=O) groups is 1. The predicted octanol–water partition coefficient (Wildman–Crippen LogP) is 2.69. The molecule has 1 aliphatic rings. The molecule has 1 atom stereocenters. The Hall–Kier alpha value is -3.16. The van der Waals surface area contributed by atoms with Gasteiger partial charge in [0.1, 0.15) is 11.5 Å². The molecule has 0 spiro atoms. The number of hydrogen-bond acceptors (Lipinski definition) is 6. The lowest BCUT2D eigenvalue weighted by molar-refractivity contribution is -0.132. The molecular formula is C20H20FN5O2. The van der Waals surface area contributed by atoms with E-state index >= 15 is 0 Å². The maximum atomic E-state index is 13.8. The SMILES string of the molecule is O=C(Cc1ccccc1F)N1CCCC(Cc2nc(-c3cnccn3)no2)C1. The van der Waals surface area contributed by atoms with Crippen LogP contribution in [0.1, 0.15) is 24.3 Å². The number of likely N-dealkylation sites (tertiary alicyclic amines) is 1. The Morgan fingerprint density at radius 2 is 2.18 bits per heavy atom. The summed E-state index contributed by atoms with van der Waals surface area (Å²) in [6.45, 7) is 1.30. The monoisotopic (exact) mass is 381 g/mol. The topological polar surface area (TPSA) is 85.0 Å². The first kappa shape index (κ1) is 18.2. The average Bonchev–Trinajstić information content (AvgIpc) is 3.19. The molecule has 0 saturated carbocycles. The summed E-state index contributed by atoms with van der Waals surface area (Å²) in [5.41, 5.74) is 0.989. The fraction of sp³-hybridized carbons (Fsp3) is 0.350. The molecule has 0 N–H and O–H groups in total. The number of amides is 1. The number of nitrogens with zero attached hydrogens (tertiary/aromatic N) is 5. The summed E-state index contributed by atoms with van der Waals surface area (Å²) in [5, 5.41) is 3.96. The van der Waals surface area contributed by atoms with E-state index in [-0.39, 0.29) is 24.1 Å². The number of rotatable bonds is 5. The van der Waals surface area contributed by atoms with Crippen molar-refractivity contribution >= 4 is 5.91 Å². The minimum absolute atomic E-state index is 0.0550. The summed E-state index contributed by atoms with van der Waals surface area (Å²) in [6.07, 6.45) is 7.29. The van der Waals surface area contributed by atoms with E-state index in [1.807, 2.05) is 0 Å². The van der Waals surface area contributed by atoms with Gasteiger partial charge in [0.05, 0.1) is 12.6 Å². The molecule has 1 saturated heterocycles. The largest absolute Gasteiger partial charge is 0.342 e. The zero-order valence-electron chi connectivity index (χ0n) is 15.3. The third-order valence-electron chi connectivity index (χ3n) is 4.89. The van der Waals surface area contributed by atoms with E-state index in [0.717, 1.165) is 12.8 Å². The van der Waals surface area contributed by atoms with Crippen LogP contribution in [0.25, 0.3) is 11.5 Å². The Balaban J connectivity index is 1.37. The second kappa shape index (κ2) is 8.24. The van der Waals surface area contributed by atoms with E-state index < -0.39 is 0 Å². The molecule has 1 amide bonds. The van der Waals surface area contributed by atoms with Crippen molar-refractivity contribution in [3.05, 3.63) is 60.1 Å². The van der Waals surface area contributed by atoms with Crippen LogP contribution in [0.15, 0.2) is 47.4 Å². The molecule has 1 unspecified atom stereocenters. The fourth-order valence-corrected chi connectivity index (χ4v) is 3.48. The van der Waals surface area contributed by atoms with Crippen LogP contribution in [0.4, 0.5) is 4.39 Å². The van der Waals surface area contributed by atoms with Gasteiger partial charge in [0.15, 0.2) is 0 Å². The van der Waals surface area contributed by atoms with Gasteiger partial charge in [-0.3, -0.25) is 9.78 Å². The van der Waals surface area contributed by atoms with E-state index in [9.17, 15) is 9.18 Å². The molecule has 2 aromatic heterocycles. The summed E-state index contributed by atoms with van der Waals surface area (Å²) in [4.78, 5) is 27.0. The molecule has 0 bridgehead atoms. The highest BCUT2D eigenvalue weighted by Gasteiger charge is 2.26. The number of hydrogen-bond donors (Lipinski definition) is 0. The standard InChI is InChI=1S/C20H20FN5O2/c21-16-6-2-1-5-15(16)11-19(27)26-9-3-4-14(13-26)10-18-24-20(25-28-18)17-12-22-7-8-23-17/h1-2,5-8,12,14H,3-4,9-11,13H2. The molecule has 8 heteroatoms. The van der Waals surface area contributed by atoms with Crippen LogP contribution in [-0.4, -0.2) is 44.0 Å². The lowest BCUT2D eigenvalue weighted by atomic mass is 9.94. The molecule has 144 valence electrons. The summed E-state index contributed by atoms with van der Waals surface area (Å²) < 4.78 is 19.2. The number of halogens is 1. The molecule has 28 heavy (non-hydrogen) atoms. The quantitative estimate of drug-likeness (QED) is 0.676. The van der Waals surface area contributed by atoms with Crippen molar-refractivity contribution in [3.8, 4) is 11.5 Å². The van der Waals surface area contributed by atoms with Crippen molar-refractivity contribution in [1.29, 1.82) is 0 Å². The Bertz CT molecular complexity index is 947. The highest BCUT2D eigenvalue weighted by atomic mass is 19.1. The van der Waals surface area contributed by atoms with E-state index in [2.05, 4.69) is 20.1 Å². The van der Waals surface area contributed by atoms with Gasteiger partial charge < -0.3 is 9.42 Å². The summed E-state index contributed by atoms with van der Waals surface area (Å²) in [7, 11) is 0. The Kier molecular flexibility index (Phi) is 5.36. The molecule has 1 fully saturated rings. The van der Waals surface area contributed by atoms with Gasteiger partial charge >= 0.3 is 0 Å². The van der Waals surface area contributed by atoms with Gasteiger partial charge in [0.2, 0.25) is 17.6 Å². The maximum Gasteiger partial charge on any atom is 0.227 e. The predicted molar refractivity (Wildman–Crippen MR) is 98.4 cm³/mol. The molecule has 1 aliphatic heterocycles. The second-order valence-electron chi connectivity index (χ2n) is 6.92. The van der Waals surface area contributed by atoms with Gasteiger partial charge in [0.25, 0.3) is 0 Å². The van der Waals surface area contributed by atoms with Crippen molar-refractivity contribution in [2.75, 3.05) is 13.1 Å². The Morgan fingerprint density at radius 1 is 1.29 bits per heavy atom. The van der Waals surface area contributed by atoms with Gasteiger partial charge in [-0.25, -0.2) is 9.37 Å². The normalized spacial score (nSPS) is 16.9. The number of benzene rings is 1. The Morgan fingerprint density at radius 3 is 3.00 bits per heavy atom. The third kappa shape index (κ3) is 4.21. The van der Waals surface area contributed by atoms with Gasteiger partial charge in [-0.1, -0.05) is 23.4 Å². The molecule has 0 radical (unpaired) electrons. The number of aromatic nitrogens is 4. The zero-order valence-corrected chi connectivity index (χ0v) is 15.3. The van der Waals surface area contributed by atoms with Crippen LogP contribution in [0, 0.1) is 11.7 Å². The summed E-state index contributed by atoms with van der Waals surface area (Å²) >= 11 is 0. The van der Waals surface area contributed by atoms with Crippen LogP contribution < -0.4 is 0 Å². The number of piperidine rings is 1. The summed E-state index contributed by atoms with van der Waals surface area (Å²) in [5.74, 6) is 0.765. The van der Waals surface area contributed by atoms with Crippen LogP contribution in [0.5, 0.6) is 0 Å². The zero-order chi connectivity index (χ0) is 19.3. The first-order chi connectivity index (χ1) is 13.7. The van der Waals surface area contributed by atoms with Crippen LogP contribution in [0.3, 0.4) is 0 Å². The highest BCUT2D eigenvalue weighted by molar-refractivity contribution is 5.79. The van der Waals surface area contributed by atoms with E-state index in [1.54, 1.807) is 41.7 Å². The first-order valence-electron chi connectivity index (χ1n) is 9.29. The Labute approximate surface area is 161 Å². The second-order valence-corrected chi connectivity index (χ2v) is 6.92. The number of carbonyl (C=O) groups excluding carboxylic acids is 1. The van der Waals surface area contributed by atoms with E-state index in [1.165, 1.54) is 6.07 Å². The minimum atomic E-state index is -0.341. The molecule has 3 aromatic rings. The lowest BCUT2D eigenvalue weighted by Crippen LogP contribution is -2.41. The van der Waals surface area contributed by atoms with Gasteiger partial charge in [-0.2, -0.15) is 4.98 Å². The lowest BCUT2D eigenvalue weighted by Gasteiger charge is -2.32. The summed E-state index contributed by atoms with van der Waals surface area (Å²) in [6, 6.07) is 6.40. The van der Waals surface area contributed by atoms with Crippen LogP contribution in [0.2, 0.25) is 0 Å². The third-order valence-corrected chi connectivity index (χ3v) is 4.89. The molecular weight excluding hydrogens is 361 g/mol. The average molecular weight is 381 g/mol. The first-order valence-corrected chi connectivity index (χ1v) is 9.29. The van der Waals surface area contributed by atoms with Gasteiger partial charge in [-0.05, 0) is 30.4 Å². The molecule has 3 heterocycles. The van der Waals surface area contributed by atoms with Crippen molar-refractivity contribution in [3.63, 3.8) is 0 Å².